The standard InChI is InChI=1S/C13H13N3O4S/c1-15(8-4-7-14)12(17)9-16-13(18)10-5-2-3-6-11(10)21(16,19)20/h2-3,5-6H,4,8-9H2,1H3. The van der Waals surface area contributed by atoms with Crippen LogP contribution in [0.25, 0.3) is 0 Å². The summed E-state index contributed by atoms with van der Waals surface area (Å²) in [5, 5.41) is 8.48. The molecule has 1 aliphatic heterocycles. The van der Waals surface area contributed by atoms with Gasteiger partial charge in [0, 0.05) is 13.6 Å². The molecule has 0 N–H and O–H groups in total. The largest absolute Gasteiger partial charge is 0.343 e. The van der Waals surface area contributed by atoms with Crippen LogP contribution in [0.15, 0.2) is 29.2 Å². The molecule has 1 heterocycles. The first-order valence-corrected chi connectivity index (χ1v) is 7.60. The van der Waals surface area contributed by atoms with Crippen LogP contribution in [0.5, 0.6) is 0 Å². The number of carbonyl (C=O) groups excluding carboxylic acids is 2. The summed E-state index contributed by atoms with van der Waals surface area (Å²) in [5.74, 6) is -1.23. The quantitative estimate of drug-likeness (QED) is 0.791. The molecule has 0 radical (unpaired) electrons. The van der Waals surface area contributed by atoms with Crippen LogP contribution in [0.3, 0.4) is 0 Å². The third-order valence-corrected chi connectivity index (χ3v) is 4.96. The number of benzene rings is 1. The molecule has 0 spiro atoms. The van der Waals surface area contributed by atoms with Gasteiger partial charge in [0.15, 0.2) is 0 Å². The highest BCUT2D eigenvalue weighted by molar-refractivity contribution is 7.90. The number of carbonyl (C=O) groups is 2. The molecule has 0 fully saturated rings. The van der Waals surface area contributed by atoms with Crippen molar-refractivity contribution < 1.29 is 18.0 Å². The van der Waals surface area contributed by atoms with Crippen molar-refractivity contribution in [1.82, 2.24) is 9.21 Å². The van der Waals surface area contributed by atoms with E-state index in [2.05, 4.69) is 0 Å². The average Bonchev–Trinajstić information content (AvgIpc) is 2.66. The number of amides is 2. The Labute approximate surface area is 122 Å². The number of hydrogen-bond acceptors (Lipinski definition) is 5. The number of nitriles is 1. The fourth-order valence-electron chi connectivity index (χ4n) is 1.97. The van der Waals surface area contributed by atoms with Gasteiger partial charge >= 0.3 is 0 Å². The van der Waals surface area contributed by atoms with E-state index in [4.69, 9.17) is 5.26 Å². The Bertz CT molecular complexity index is 736. The summed E-state index contributed by atoms with van der Waals surface area (Å²) in [6.45, 7) is -0.373. The van der Waals surface area contributed by atoms with E-state index in [0.717, 1.165) is 0 Å². The summed E-state index contributed by atoms with van der Waals surface area (Å²) in [5.41, 5.74) is 0.0741. The van der Waals surface area contributed by atoms with E-state index < -0.39 is 28.4 Å². The molecule has 0 aliphatic carbocycles. The molecule has 0 unspecified atom stereocenters. The topological polar surface area (TPSA) is 98.5 Å². The van der Waals surface area contributed by atoms with Crippen molar-refractivity contribution >= 4 is 21.8 Å². The smallest absolute Gasteiger partial charge is 0.269 e. The van der Waals surface area contributed by atoms with Gasteiger partial charge in [-0.1, -0.05) is 12.1 Å². The zero-order chi connectivity index (χ0) is 15.6. The lowest BCUT2D eigenvalue weighted by molar-refractivity contribution is -0.129. The molecule has 0 bridgehead atoms. The molecule has 1 aliphatic rings. The number of nitrogens with zero attached hydrogens (tertiary/aromatic N) is 3. The summed E-state index contributed by atoms with van der Waals surface area (Å²) in [6.07, 6.45) is 0.142. The molecule has 110 valence electrons. The van der Waals surface area contributed by atoms with Crippen LogP contribution >= 0.6 is 0 Å². The van der Waals surface area contributed by atoms with E-state index in [1.54, 1.807) is 6.07 Å². The van der Waals surface area contributed by atoms with E-state index >= 15 is 0 Å². The minimum absolute atomic E-state index is 0.0741. The molecule has 0 atom stereocenters. The van der Waals surface area contributed by atoms with Gasteiger partial charge in [0.25, 0.3) is 15.9 Å². The third-order valence-electron chi connectivity index (χ3n) is 3.18. The highest BCUT2D eigenvalue weighted by atomic mass is 32.2. The fraction of sp³-hybridized carbons (Fsp3) is 0.308. The van der Waals surface area contributed by atoms with E-state index in [0.29, 0.717) is 4.31 Å². The van der Waals surface area contributed by atoms with Crippen molar-refractivity contribution in [1.29, 1.82) is 5.26 Å². The van der Waals surface area contributed by atoms with Crippen molar-refractivity contribution in [3.05, 3.63) is 29.8 Å². The third kappa shape index (κ3) is 2.60. The predicted octanol–water partition coefficient (Wildman–Crippen LogP) is 0.203. The highest BCUT2D eigenvalue weighted by Crippen LogP contribution is 2.29. The van der Waals surface area contributed by atoms with Crippen LogP contribution in [0.1, 0.15) is 16.8 Å². The number of hydrogen-bond donors (Lipinski definition) is 0. The van der Waals surface area contributed by atoms with Crippen molar-refractivity contribution in [3.8, 4) is 6.07 Å². The number of sulfonamides is 1. The molecule has 21 heavy (non-hydrogen) atoms. The van der Waals surface area contributed by atoms with Crippen molar-refractivity contribution in [2.45, 2.75) is 11.3 Å². The maximum absolute atomic E-state index is 12.2. The Balaban J connectivity index is 2.22. The predicted molar refractivity (Wildman–Crippen MR) is 72.5 cm³/mol. The minimum atomic E-state index is -3.97. The van der Waals surface area contributed by atoms with Crippen LogP contribution in [-0.2, 0) is 14.8 Å². The van der Waals surface area contributed by atoms with Crippen LogP contribution in [0.4, 0.5) is 0 Å². The first-order valence-electron chi connectivity index (χ1n) is 6.16. The zero-order valence-corrected chi connectivity index (χ0v) is 12.1. The summed E-state index contributed by atoms with van der Waals surface area (Å²) in [7, 11) is -2.52. The van der Waals surface area contributed by atoms with E-state index in [1.807, 2.05) is 6.07 Å². The molecule has 2 rings (SSSR count). The Morgan fingerprint density at radius 2 is 2.05 bits per heavy atom. The summed E-state index contributed by atoms with van der Waals surface area (Å²) >= 11 is 0. The van der Waals surface area contributed by atoms with Crippen LogP contribution in [-0.4, -0.2) is 49.6 Å². The molecule has 7 nitrogen and oxygen atoms in total. The SMILES string of the molecule is CN(CCC#N)C(=O)CN1C(=O)c2ccccc2S1(=O)=O. The molecule has 1 aromatic rings. The molecule has 0 aromatic heterocycles. The molecule has 1 aromatic carbocycles. The average molecular weight is 307 g/mol. The van der Waals surface area contributed by atoms with Gasteiger partial charge in [-0.2, -0.15) is 5.26 Å². The van der Waals surface area contributed by atoms with E-state index in [-0.39, 0.29) is 23.4 Å². The van der Waals surface area contributed by atoms with Gasteiger partial charge in [0.1, 0.15) is 11.4 Å². The summed E-state index contributed by atoms with van der Waals surface area (Å²) in [4.78, 5) is 25.2. The van der Waals surface area contributed by atoms with E-state index in [1.165, 1.54) is 30.1 Å². The van der Waals surface area contributed by atoms with Gasteiger partial charge in [-0.25, -0.2) is 12.7 Å². The lowest BCUT2D eigenvalue weighted by Crippen LogP contribution is -2.41. The highest BCUT2D eigenvalue weighted by Gasteiger charge is 2.42. The Hall–Kier alpha value is -2.40. The van der Waals surface area contributed by atoms with Gasteiger partial charge in [0.05, 0.1) is 18.1 Å². The second-order valence-electron chi connectivity index (χ2n) is 4.54. The van der Waals surface area contributed by atoms with E-state index in [9.17, 15) is 18.0 Å². The summed E-state index contributed by atoms with van der Waals surface area (Å²) < 4.78 is 25.1. The molecular formula is C13H13N3O4S. The van der Waals surface area contributed by atoms with Gasteiger partial charge < -0.3 is 4.90 Å². The number of rotatable bonds is 4. The number of likely N-dealkylation sites (N-methyl/N-ethyl adjacent to an activating group) is 1. The summed E-state index contributed by atoms with van der Waals surface area (Å²) in [6, 6.07) is 7.74. The fourth-order valence-corrected chi connectivity index (χ4v) is 3.49. The molecular weight excluding hydrogens is 294 g/mol. The molecule has 0 saturated carbocycles. The minimum Gasteiger partial charge on any atom is -0.343 e. The molecule has 8 heteroatoms. The maximum atomic E-state index is 12.2. The first-order chi connectivity index (χ1) is 9.89. The maximum Gasteiger partial charge on any atom is 0.269 e. The normalized spacial score (nSPS) is 15.4. The second kappa shape index (κ2) is 5.54. The van der Waals surface area contributed by atoms with Gasteiger partial charge in [-0.15, -0.1) is 0 Å². The van der Waals surface area contributed by atoms with Gasteiger partial charge in [-0.05, 0) is 12.1 Å². The van der Waals surface area contributed by atoms with Crippen molar-refractivity contribution in [2.24, 2.45) is 0 Å². The van der Waals surface area contributed by atoms with Crippen LogP contribution in [0.2, 0.25) is 0 Å². The van der Waals surface area contributed by atoms with Crippen LogP contribution < -0.4 is 0 Å². The lowest BCUT2D eigenvalue weighted by atomic mass is 10.2. The molecule has 2 amide bonds. The van der Waals surface area contributed by atoms with Crippen molar-refractivity contribution in [2.75, 3.05) is 20.1 Å². The monoisotopic (exact) mass is 307 g/mol. The van der Waals surface area contributed by atoms with Crippen molar-refractivity contribution in [3.63, 3.8) is 0 Å². The second-order valence-corrected chi connectivity index (χ2v) is 6.37. The first kappa shape index (κ1) is 15.0. The van der Waals surface area contributed by atoms with Gasteiger partial charge in [-0.3, -0.25) is 9.59 Å². The Morgan fingerprint density at radius 3 is 2.67 bits per heavy atom. The van der Waals surface area contributed by atoms with Gasteiger partial charge in [0.2, 0.25) is 5.91 Å². The zero-order valence-electron chi connectivity index (χ0n) is 11.3. The number of fused-ring (bicyclic) bond motifs is 1. The Kier molecular flexibility index (Phi) is 3.95. The Morgan fingerprint density at radius 1 is 1.38 bits per heavy atom. The van der Waals surface area contributed by atoms with Crippen LogP contribution in [0, 0.1) is 11.3 Å². The molecule has 0 saturated heterocycles. The lowest BCUT2D eigenvalue weighted by Gasteiger charge is -2.20.